The van der Waals surface area contributed by atoms with Crippen molar-refractivity contribution in [2.24, 2.45) is 22.7 Å². The predicted octanol–water partition coefficient (Wildman–Crippen LogP) is 4.41. The van der Waals surface area contributed by atoms with Crippen molar-refractivity contribution in [1.82, 2.24) is 10.6 Å². The second-order valence-electron chi connectivity index (χ2n) is 18.0. The quantitative estimate of drug-likeness (QED) is 0.157. The lowest BCUT2D eigenvalue weighted by atomic mass is 9.45. The fourth-order valence-electron chi connectivity index (χ4n) is 9.54. The van der Waals surface area contributed by atoms with Crippen LogP contribution in [-0.2, 0) is 42.9 Å². The van der Waals surface area contributed by atoms with Gasteiger partial charge in [0.1, 0.15) is 23.6 Å². The van der Waals surface area contributed by atoms with Crippen LogP contribution in [0.1, 0.15) is 90.7 Å². The summed E-state index contributed by atoms with van der Waals surface area (Å²) < 4.78 is 30.3. The first kappa shape index (κ1) is 44.2. The average molecular weight is 831 g/mol. The van der Waals surface area contributed by atoms with E-state index in [1.165, 1.54) is 19.1 Å². The largest absolute Gasteiger partial charge is 0.455 e. The van der Waals surface area contributed by atoms with Gasteiger partial charge in [-0.2, -0.15) is 0 Å². The van der Waals surface area contributed by atoms with E-state index in [0.717, 1.165) is 6.92 Å². The van der Waals surface area contributed by atoms with Gasteiger partial charge in [-0.15, -0.1) is 0 Å². The Bertz CT molecular complexity index is 2110. The number of carbonyl (C=O) groups is 6. The second kappa shape index (κ2) is 15.9. The number of rotatable bonds is 9. The first-order valence-corrected chi connectivity index (χ1v) is 19.9. The molecule has 15 heteroatoms. The molecule has 1 saturated carbocycles. The number of Topliss-reactive ketones (excluding diaryl/α,β-unsaturated/α-hetero) is 1. The van der Waals surface area contributed by atoms with E-state index in [0.29, 0.717) is 5.56 Å². The number of carbonyl (C=O) groups excluding carboxylic acids is 6. The Labute approximate surface area is 348 Å². The highest BCUT2D eigenvalue weighted by Gasteiger charge is 2.76. The van der Waals surface area contributed by atoms with Gasteiger partial charge >= 0.3 is 29.9 Å². The average Bonchev–Trinajstić information content (AvgIpc) is 3.15. The van der Waals surface area contributed by atoms with Gasteiger partial charge in [0, 0.05) is 37.1 Å². The van der Waals surface area contributed by atoms with Crippen molar-refractivity contribution < 1.29 is 62.7 Å². The summed E-state index contributed by atoms with van der Waals surface area (Å²) in [6.45, 7) is 13.7. The van der Waals surface area contributed by atoms with Crippen LogP contribution in [0.3, 0.4) is 0 Å². The topological polar surface area (TPSA) is 213 Å². The molecule has 1 saturated heterocycles. The van der Waals surface area contributed by atoms with Gasteiger partial charge in [0.15, 0.2) is 23.6 Å². The summed E-state index contributed by atoms with van der Waals surface area (Å²) in [4.78, 5) is 82.8. The Hall–Kier alpha value is -5.38. The summed E-state index contributed by atoms with van der Waals surface area (Å²) >= 11 is 0. The van der Waals surface area contributed by atoms with Gasteiger partial charge in [0.2, 0.25) is 0 Å². The van der Waals surface area contributed by atoms with Gasteiger partial charge in [0.25, 0.3) is 0 Å². The van der Waals surface area contributed by atoms with E-state index in [-0.39, 0.29) is 23.5 Å². The number of aliphatic hydroxyl groups excluding tert-OH is 1. The fourth-order valence-corrected chi connectivity index (χ4v) is 9.54. The van der Waals surface area contributed by atoms with Crippen LogP contribution >= 0.6 is 0 Å². The number of allylic oxidation sites excluding steroid dienone is 1. The molecule has 2 bridgehead atoms. The third-order valence-electron chi connectivity index (χ3n) is 12.4. The molecule has 322 valence electrons. The number of amides is 2. The highest BCUT2D eigenvalue weighted by atomic mass is 16.6. The molecule has 2 aromatic rings. The normalized spacial score (nSPS) is 31.3. The summed E-state index contributed by atoms with van der Waals surface area (Å²) in [6, 6.07) is 14.3. The lowest BCUT2D eigenvalue weighted by Gasteiger charge is -2.65. The number of urea groups is 1. The zero-order chi connectivity index (χ0) is 44.2. The van der Waals surface area contributed by atoms with Crippen molar-refractivity contribution in [3.63, 3.8) is 0 Å². The molecule has 10 atom stereocenters. The SMILES string of the molecule is CC(=O)O[C@H]1C(=O)[C@]2(C)C=CC3OC[C@@]3(OC(C)=O)C2C(OC(=O)c2ccccc2)[C@]2(O)CC(OC(=O)[C@H](O)[C@@H](NC(=O)NC(C)(C)C)c3ccccc3)=C(C)C1C2(C)C. The molecule has 6 rings (SSSR count). The molecule has 0 aromatic heterocycles. The Morgan fingerprint density at radius 1 is 0.917 bits per heavy atom. The van der Waals surface area contributed by atoms with E-state index in [2.05, 4.69) is 10.6 Å². The van der Waals surface area contributed by atoms with Gasteiger partial charge in [-0.05, 0) is 57.9 Å². The van der Waals surface area contributed by atoms with Crippen LogP contribution in [0.2, 0.25) is 0 Å². The number of ether oxygens (including phenoxy) is 5. The lowest BCUT2D eigenvalue weighted by molar-refractivity contribution is -0.311. The van der Waals surface area contributed by atoms with Crippen LogP contribution in [0.5, 0.6) is 0 Å². The van der Waals surface area contributed by atoms with Gasteiger partial charge in [0.05, 0.1) is 29.5 Å². The van der Waals surface area contributed by atoms with Gasteiger partial charge in [-0.1, -0.05) is 74.5 Å². The molecule has 4 N–H and O–H groups in total. The van der Waals surface area contributed by atoms with Crippen LogP contribution in [0.4, 0.5) is 4.79 Å². The van der Waals surface area contributed by atoms with Crippen molar-refractivity contribution in [1.29, 1.82) is 0 Å². The number of hydrogen-bond donors (Lipinski definition) is 4. The molecule has 2 amide bonds. The monoisotopic (exact) mass is 830 g/mol. The maximum absolute atomic E-state index is 15.4. The minimum absolute atomic E-state index is 0.116. The lowest BCUT2D eigenvalue weighted by Crippen LogP contribution is -2.79. The van der Waals surface area contributed by atoms with Crippen molar-refractivity contribution in [3.8, 4) is 0 Å². The first-order chi connectivity index (χ1) is 28.0. The molecule has 1 aliphatic heterocycles. The Kier molecular flexibility index (Phi) is 11.7. The maximum Gasteiger partial charge on any atom is 0.342 e. The van der Waals surface area contributed by atoms with Crippen molar-refractivity contribution in [3.05, 3.63) is 95.3 Å². The van der Waals surface area contributed by atoms with Gasteiger partial charge in [-0.3, -0.25) is 14.4 Å². The van der Waals surface area contributed by atoms with Crippen LogP contribution < -0.4 is 10.6 Å². The smallest absolute Gasteiger partial charge is 0.342 e. The van der Waals surface area contributed by atoms with Crippen LogP contribution in [0.25, 0.3) is 0 Å². The predicted molar refractivity (Wildman–Crippen MR) is 213 cm³/mol. The molecule has 15 nitrogen and oxygen atoms in total. The summed E-state index contributed by atoms with van der Waals surface area (Å²) in [5, 5.41) is 30.7. The molecule has 1 heterocycles. The van der Waals surface area contributed by atoms with E-state index in [1.54, 1.807) is 109 Å². The summed E-state index contributed by atoms with van der Waals surface area (Å²) in [5.74, 6) is -7.12. The molecule has 4 unspecified atom stereocenters. The van der Waals surface area contributed by atoms with E-state index < -0.39 is 112 Å². The molecule has 3 aliphatic carbocycles. The van der Waals surface area contributed by atoms with Crippen molar-refractivity contribution in [2.75, 3.05) is 6.61 Å². The molecular weight excluding hydrogens is 776 g/mol. The van der Waals surface area contributed by atoms with E-state index in [1.807, 2.05) is 0 Å². The third kappa shape index (κ3) is 7.74. The molecule has 2 aromatic carbocycles. The molecule has 0 spiro atoms. The summed E-state index contributed by atoms with van der Waals surface area (Å²) in [7, 11) is 0. The van der Waals surface area contributed by atoms with E-state index in [9.17, 15) is 34.2 Å². The standard InChI is InChI=1S/C45H54N2O13/c1-24-29(58-39(53)33(50)32(27-16-12-10-13-17-27)46-40(54)47-41(4,5)6)22-45(55)37(59-38(52)28-18-14-11-15-19-28)35-43(9,21-20-30-44(35,23-56-30)60-26(3)49)36(51)34(57-25(2)48)31(24)42(45,7)8/h10-21,30-35,37,50,55H,22-23H2,1-9H3,(H2,46,47,54)/t30?,31?,32-,33+,34+,35?,37?,43+,44-,45+/m0/s1. The van der Waals surface area contributed by atoms with Crippen LogP contribution in [-0.4, -0.2) is 93.7 Å². The number of esters is 4. The summed E-state index contributed by atoms with van der Waals surface area (Å²) in [6.07, 6.45) is -3.69. The Morgan fingerprint density at radius 3 is 2.08 bits per heavy atom. The van der Waals surface area contributed by atoms with Crippen LogP contribution in [0, 0.1) is 22.7 Å². The number of hydrogen-bond acceptors (Lipinski definition) is 13. The number of fused-ring (bicyclic) bond motifs is 5. The molecular formula is C45H54N2O13. The van der Waals surface area contributed by atoms with Gasteiger partial charge < -0.3 is 44.5 Å². The Morgan fingerprint density at radius 2 is 1.53 bits per heavy atom. The molecule has 2 fully saturated rings. The molecule has 4 aliphatic rings. The number of aliphatic hydroxyl groups is 2. The maximum atomic E-state index is 15.4. The highest BCUT2D eigenvalue weighted by molar-refractivity contribution is 5.94. The number of benzene rings is 2. The van der Waals surface area contributed by atoms with Gasteiger partial charge in [-0.25, -0.2) is 14.4 Å². The highest BCUT2D eigenvalue weighted by Crippen LogP contribution is 2.64. The molecule has 0 radical (unpaired) electrons. The van der Waals surface area contributed by atoms with E-state index >= 15 is 4.79 Å². The second-order valence-corrected chi connectivity index (χ2v) is 18.0. The first-order valence-electron chi connectivity index (χ1n) is 19.9. The zero-order valence-corrected chi connectivity index (χ0v) is 35.3. The number of nitrogens with one attached hydrogen (secondary N) is 2. The molecule has 60 heavy (non-hydrogen) atoms. The minimum Gasteiger partial charge on any atom is -0.455 e. The van der Waals surface area contributed by atoms with Crippen molar-refractivity contribution in [2.45, 2.75) is 116 Å². The fraction of sp³-hybridized carbons (Fsp3) is 0.511. The van der Waals surface area contributed by atoms with E-state index in [4.69, 9.17) is 23.7 Å². The van der Waals surface area contributed by atoms with Crippen molar-refractivity contribution >= 4 is 35.7 Å². The van der Waals surface area contributed by atoms with Crippen LogP contribution in [0.15, 0.2) is 84.1 Å². The Balaban J connectivity index is 1.52. The third-order valence-corrected chi connectivity index (χ3v) is 12.4. The minimum atomic E-state index is -2.30. The number of ketones is 1. The zero-order valence-electron chi connectivity index (χ0n) is 35.3. The summed E-state index contributed by atoms with van der Waals surface area (Å²) in [5.41, 5.74) is -7.18.